The molecule has 0 bridgehead atoms. The van der Waals surface area contributed by atoms with Gasteiger partial charge in [-0.3, -0.25) is 9.59 Å². The van der Waals surface area contributed by atoms with Gasteiger partial charge in [-0.05, 0) is 32.1 Å². The van der Waals surface area contributed by atoms with Gasteiger partial charge in [-0.15, -0.1) is 0 Å². The number of anilines is 1. The third-order valence-electron chi connectivity index (χ3n) is 6.00. The van der Waals surface area contributed by atoms with Crippen molar-refractivity contribution in [3.05, 3.63) is 18.0 Å². The van der Waals surface area contributed by atoms with E-state index in [0.717, 1.165) is 32.4 Å². The van der Waals surface area contributed by atoms with Crippen LogP contribution < -0.4 is 10.2 Å². The van der Waals surface area contributed by atoms with Crippen LogP contribution in [-0.2, 0) is 4.79 Å². The topological polar surface area (TPSA) is 102 Å². The zero-order valence-corrected chi connectivity index (χ0v) is 18.3. The lowest BCUT2D eigenvalue weighted by atomic mass is 9.93. The van der Waals surface area contributed by atoms with Crippen molar-refractivity contribution in [3.63, 3.8) is 0 Å². The Morgan fingerprint density at radius 3 is 2.43 bits per heavy atom. The van der Waals surface area contributed by atoms with Crippen molar-refractivity contribution in [2.45, 2.75) is 50.7 Å². The maximum Gasteiger partial charge on any atom is 0.256 e. The Labute approximate surface area is 178 Å². The quantitative estimate of drug-likeness (QED) is 0.718. The molecule has 2 N–H and O–H groups in total. The maximum absolute atomic E-state index is 12.9. The largest absolute Gasteiger partial charge is 0.388 e. The van der Waals surface area contributed by atoms with Crippen LogP contribution in [0.5, 0.6) is 0 Å². The number of rotatable bonds is 5. The molecule has 1 unspecified atom stereocenters. The number of nitrogens with one attached hydrogen (secondary N) is 1. The van der Waals surface area contributed by atoms with E-state index < -0.39 is 5.60 Å². The van der Waals surface area contributed by atoms with E-state index in [0.29, 0.717) is 44.0 Å². The molecule has 9 nitrogen and oxygen atoms in total. The van der Waals surface area contributed by atoms with Crippen LogP contribution in [0.1, 0.15) is 49.4 Å². The molecule has 166 valence electrons. The lowest BCUT2D eigenvalue weighted by molar-refractivity contribution is -0.120. The van der Waals surface area contributed by atoms with Gasteiger partial charge >= 0.3 is 0 Å². The lowest BCUT2D eigenvalue weighted by Crippen LogP contribution is -2.50. The minimum Gasteiger partial charge on any atom is -0.388 e. The predicted octanol–water partition coefficient (Wildman–Crippen LogP) is 0.500. The third kappa shape index (κ3) is 5.89. The molecule has 3 rings (SSSR count). The van der Waals surface area contributed by atoms with E-state index in [1.165, 1.54) is 0 Å². The number of aromatic nitrogens is 2. The first-order valence-corrected chi connectivity index (χ1v) is 10.8. The Morgan fingerprint density at radius 2 is 1.83 bits per heavy atom. The van der Waals surface area contributed by atoms with Gasteiger partial charge < -0.3 is 25.1 Å². The van der Waals surface area contributed by atoms with Crippen LogP contribution in [0.2, 0.25) is 0 Å². The molecule has 0 aliphatic carbocycles. The molecule has 0 radical (unpaired) electrons. The normalized spacial score (nSPS) is 23.7. The number of piperidine rings is 1. The summed E-state index contributed by atoms with van der Waals surface area (Å²) in [6.45, 7) is 5.05. The molecule has 30 heavy (non-hydrogen) atoms. The van der Waals surface area contributed by atoms with Gasteiger partial charge in [0.15, 0.2) is 0 Å². The van der Waals surface area contributed by atoms with Crippen LogP contribution in [0.25, 0.3) is 0 Å². The molecule has 1 atom stereocenters. The van der Waals surface area contributed by atoms with Gasteiger partial charge in [0, 0.05) is 72.2 Å². The number of amides is 2. The first kappa shape index (κ1) is 22.4. The number of carbonyl (C=O) groups excluding carboxylic acids is 2. The SMILES string of the molecule is CC(=O)NC1CCN(CC2(O)CCCN(C(=O)c3cnc(N(C)C)nc3)CC2)CC1. The number of β-amino-alcohol motifs (C(OH)–C–C–N with tert-alkyl or cyclic N) is 1. The summed E-state index contributed by atoms with van der Waals surface area (Å²) < 4.78 is 0. The van der Waals surface area contributed by atoms with E-state index in [-0.39, 0.29) is 17.9 Å². The standard InChI is InChI=1S/C21H34N6O3/c1-16(28)24-18-5-10-26(11-6-18)15-21(30)7-4-9-27(12-8-21)19(29)17-13-22-20(23-14-17)25(2)3/h13-14,18,30H,4-12,15H2,1-3H3,(H,24,28). The Morgan fingerprint density at radius 1 is 1.17 bits per heavy atom. The molecule has 0 aromatic carbocycles. The monoisotopic (exact) mass is 418 g/mol. The summed E-state index contributed by atoms with van der Waals surface area (Å²) in [7, 11) is 3.71. The van der Waals surface area contributed by atoms with E-state index in [4.69, 9.17) is 0 Å². The molecule has 2 aliphatic heterocycles. The summed E-state index contributed by atoms with van der Waals surface area (Å²) in [5.41, 5.74) is -0.313. The molecule has 2 amide bonds. The number of carbonyl (C=O) groups is 2. The van der Waals surface area contributed by atoms with Crippen molar-refractivity contribution in [3.8, 4) is 0 Å². The minimum atomic E-state index is -0.791. The van der Waals surface area contributed by atoms with Crippen LogP contribution >= 0.6 is 0 Å². The fourth-order valence-corrected chi connectivity index (χ4v) is 4.32. The van der Waals surface area contributed by atoms with Crippen LogP contribution in [0.15, 0.2) is 12.4 Å². The fourth-order valence-electron chi connectivity index (χ4n) is 4.32. The van der Waals surface area contributed by atoms with Crippen LogP contribution in [-0.4, -0.2) is 95.2 Å². The summed E-state index contributed by atoms with van der Waals surface area (Å²) in [5.74, 6) is 0.502. The Kier molecular flexibility index (Phi) is 7.25. The summed E-state index contributed by atoms with van der Waals surface area (Å²) in [6.07, 6.45) is 6.95. The molecule has 2 fully saturated rings. The van der Waals surface area contributed by atoms with Crippen LogP contribution in [0.4, 0.5) is 5.95 Å². The number of aliphatic hydroxyl groups is 1. The van der Waals surface area contributed by atoms with Gasteiger partial charge in [0.2, 0.25) is 11.9 Å². The van der Waals surface area contributed by atoms with E-state index >= 15 is 0 Å². The molecular formula is C21H34N6O3. The summed E-state index contributed by atoms with van der Waals surface area (Å²) in [5, 5.41) is 14.2. The Balaban J connectivity index is 1.52. The summed E-state index contributed by atoms with van der Waals surface area (Å²) in [4.78, 5) is 38.4. The summed E-state index contributed by atoms with van der Waals surface area (Å²) in [6, 6.07) is 0.233. The third-order valence-corrected chi connectivity index (χ3v) is 6.00. The number of nitrogens with zero attached hydrogens (tertiary/aromatic N) is 5. The molecule has 2 saturated heterocycles. The van der Waals surface area contributed by atoms with Gasteiger partial charge in [0.25, 0.3) is 5.91 Å². The van der Waals surface area contributed by atoms with Crippen molar-refractivity contribution in [2.75, 3.05) is 51.7 Å². The van der Waals surface area contributed by atoms with E-state index in [1.807, 2.05) is 14.1 Å². The van der Waals surface area contributed by atoms with Crippen LogP contribution in [0, 0.1) is 0 Å². The van der Waals surface area contributed by atoms with Gasteiger partial charge in [0.05, 0.1) is 11.2 Å². The van der Waals surface area contributed by atoms with E-state index in [2.05, 4.69) is 20.2 Å². The number of likely N-dealkylation sites (tertiary alicyclic amines) is 2. The highest BCUT2D eigenvalue weighted by Crippen LogP contribution is 2.26. The van der Waals surface area contributed by atoms with Crippen molar-refractivity contribution < 1.29 is 14.7 Å². The summed E-state index contributed by atoms with van der Waals surface area (Å²) >= 11 is 0. The highest BCUT2D eigenvalue weighted by molar-refractivity contribution is 5.93. The zero-order valence-electron chi connectivity index (χ0n) is 18.3. The van der Waals surface area contributed by atoms with Gasteiger partial charge in [-0.25, -0.2) is 9.97 Å². The predicted molar refractivity (Wildman–Crippen MR) is 114 cm³/mol. The molecule has 1 aromatic heterocycles. The van der Waals surface area contributed by atoms with Gasteiger partial charge in [-0.2, -0.15) is 0 Å². The maximum atomic E-state index is 12.9. The van der Waals surface area contributed by atoms with Gasteiger partial charge in [-0.1, -0.05) is 0 Å². The Bertz CT molecular complexity index is 733. The second-order valence-electron chi connectivity index (χ2n) is 8.79. The average molecular weight is 419 g/mol. The van der Waals surface area contributed by atoms with Crippen molar-refractivity contribution in [1.82, 2.24) is 25.1 Å². The molecule has 1 aromatic rings. The number of hydrogen-bond acceptors (Lipinski definition) is 7. The van der Waals surface area contributed by atoms with Crippen LogP contribution in [0.3, 0.4) is 0 Å². The zero-order chi connectivity index (χ0) is 21.7. The van der Waals surface area contributed by atoms with Crippen molar-refractivity contribution in [2.24, 2.45) is 0 Å². The first-order chi connectivity index (χ1) is 14.3. The van der Waals surface area contributed by atoms with Gasteiger partial charge in [0.1, 0.15) is 0 Å². The molecular weight excluding hydrogens is 384 g/mol. The fraction of sp³-hybridized carbons (Fsp3) is 0.714. The second-order valence-corrected chi connectivity index (χ2v) is 8.79. The van der Waals surface area contributed by atoms with E-state index in [9.17, 15) is 14.7 Å². The molecule has 3 heterocycles. The van der Waals surface area contributed by atoms with Crippen molar-refractivity contribution in [1.29, 1.82) is 0 Å². The molecule has 2 aliphatic rings. The highest BCUT2D eigenvalue weighted by Gasteiger charge is 2.34. The Hall–Kier alpha value is -2.26. The highest BCUT2D eigenvalue weighted by atomic mass is 16.3. The smallest absolute Gasteiger partial charge is 0.256 e. The van der Waals surface area contributed by atoms with E-state index in [1.54, 1.807) is 29.1 Å². The first-order valence-electron chi connectivity index (χ1n) is 10.8. The molecule has 0 saturated carbocycles. The number of hydrogen-bond donors (Lipinski definition) is 2. The molecule has 0 spiro atoms. The van der Waals surface area contributed by atoms with Crippen molar-refractivity contribution >= 4 is 17.8 Å². The molecule has 9 heteroatoms. The second kappa shape index (κ2) is 9.70. The average Bonchev–Trinajstić information content (AvgIpc) is 2.90. The lowest BCUT2D eigenvalue weighted by Gasteiger charge is -2.38. The minimum absolute atomic E-state index is 0.0161.